The second kappa shape index (κ2) is 20.6. The number of carbonyl (C=O) groups excluding carboxylic acids is 6. The van der Waals surface area contributed by atoms with E-state index < -0.39 is 85.5 Å². The Labute approximate surface area is 304 Å². The summed E-state index contributed by atoms with van der Waals surface area (Å²) in [6, 6.07) is -2.48. The van der Waals surface area contributed by atoms with Gasteiger partial charge in [-0.2, -0.15) is 0 Å². The molecule has 0 fully saturated rings. The van der Waals surface area contributed by atoms with Crippen molar-refractivity contribution in [2.45, 2.75) is 95.5 Å². The molecular weight excluding hydrogens is 721 g/mol. The van der Waals surface area contributed by atoms with Crippen molar-refractivity contribution in [3.63, 3.8) is 0 Å². The summed E-state index contributed by atoms with van der Waals surface area (Å²) >= 11 is 0. The number of nitrogens with one attached hydrogen (secondary N) is 6. The predicted molar refractivity (Wildman–Crippen MR) is 185 cm³/mol. The summed E-state index contributed by atoms with van der Waals surface area (Å²) in [4.78, 5) is 114. The number of carboxylic acid groups (broad SMARTS) is 1. The number of hydrogen-bond donors (Lipinski definition) is 11. The van der Waals surface area contributed by atoms with E-state index in [9.17, 15) is 43.2 Å². The number of hydrogen-bond acceptors (Lipinski definition) is 11. The van der Waals surface area contributed by atoms with Crippen LogP contribution >= 0.6 is 7.82 Å². The fourth-order valence-electron chi connectivity index (χ4n) is 4.74. The van der Waals surface area contributed by atoms with Gasteiger partial charge in [0.15, 0.2) is 0 Å². The van der Waals surface area contributed by atoms with Crippen LogP contribution in [-0.4, -0.2) is 103 Å². The van der Waals surface area contributed by atoms with Gasteiger partial charge in [0, 0.05) is 31.2 Å². The van der Waals surface area contributed by atoms with Crippen molar-refractivity contribution in [3.05, 3.63) is 48.0 Å². The first-order valence-electron chi connectivity index (χ1n) is 16.4. The van der Waals surface area contributed by atoms with Crippen LogP contribution in [0.5, 0.6) is 5.75 Å². The molecule has 6 atom stereocenters. The van der Waals surface area contributed by atoms with Crippen molar-refractivity contribution in [2.24, 2.45) is 11.5 Å². The highest BCUT2D eigenvalue weighted by atomic mass is 31.2. The van der Waals surface area contributed by atoms with E-state index in [1.807, 2.05) is 0 Å². The number of carboxylic acids is 1. The maximum atomic E-state index is 13.6. The summed E-state index contributed by atoms with van der Waals surface area (Å²) in [6.45, 7) is 4.43. The van der Waals surface area contributed by atoms with Gasteiger partial charge in [0.25, 0.3) is 0 Å². The van der Waals surface area contributed by atoms with Gasteiger partial charge in [-0.05, 0) is 43.9 Å². The Bertz CT molecular complexity index is 1630. The van der Waals surface area contributed by atoms with Crippen LogP contribution in [0.15, 0.2) is 36.8 Å². The Morgan fingerprint density at radius 3 is 1.89 bits per heavy atom. The van der Waals surface area contributed by atoms with Gasteiger partial charge in [-0.25, -0.2) is 14.3 Å². The van der Waals surface area contributed by atoms with E-state index in [1.165, 1.54) is 43.7 Å². The third kappa shape index (κ3) is 15.4. The average molecular weight is 768 g/mol. The van der Waals surface area contributed by atoms with Crippen LogP contribution in [0.4, 0.5) is 0 Å². The molecular formula is C31H46N9O12P. The van der Waals surface area contributed by atoms with E-state index in [0.717, 1.165) is 0 Å². The number of benzene rings is 1. The summed E-state index contributed by atoms with van der Waals surface area (Å²) in [7, 11) is -4.87. The van der Waals surface area contributed by atoms with E-state index in [1.54, 1.807) is 13.8 Å². The SMILES string of the molecule is CC[C@H](NC(=O)[C@H](CC)NC(=O)[C@H](C)NC(=O)[C@H](Cc1ccc(OP(=O)(O)O)cc1)NC(=O)[C@H](CCC(N)=O)NC(=O)[C@@H](N)Cc1cnc[nH]1)C(=O)O. The van der Waals surface area contributed by atoms with Crippen LogP contribution < -0.4 is 42.6 Å². The first-order chi connectivity index (χ1) is 24.8. The fraction of sp³-hybridized carbons (Fsp3) is 0.484. The Morgan fingerprint density at radius 2 is 1.36 bits per heavy atom. The Balaban J connectivity index is 2.29. The zero-order valence-electron chi connectivity index (χ0n) is 29.2. The molecule has 0 aliphatic carbocycles. The van der Waals surface area contributed by atoms with Crippen molar-refractivity contribution in [3.8, 4) is 5.75 Å². The number of amides is 6. The smallest absolute Gasteiger partial charge is 0.480 e. The highest BCUT2D eigenvalue weighted by Gasteiger charge is 2.31. The van der Waals surface area contributed by atoms with Crippen LogP contribution in [0.3, 0.4) is 0 Å². The number of rotatable bonds is 22. The zero-order valence-corrected chi connectivity index (χ0v) is 30.1. The van der Waals surface area contributed by atoms with Crippen molar-refractivity contribution >= 4 is 49.2 Å². The summed E-state index contributed by atoms with van der Waals surface area (Å²) in [5.41, 5.74) is 12.2. The first-order valence-corrected chi connectivity index (χ1v) is 18.0. The van der Waals surface area contributed by atoms with Gasteiger partial charge < -0.3 is 52.7 Å². The number of imidazole rings is 1. The number of phosphoric acid groups is 1. The molecule has 21 nitrogen and oxygen atoms in total. The number of carbonyl (C=O) groups is 7. The number of aliphatic carboxylic acids is 1. The number of nitrogens with zero attached hydrogens (tertiary/aromatic N) is 1. The third-order valence-corrected chi connectivity index (χ3v) is 8.13. The van der Waals surface area contributed by atoms with Gasteiger partial charge in [-0.1, -0.05) is 26.0 Å². The molecule has 1 aromatic heterocycles. The lowest BCUT2D eigenvalue weighted by molar-refractivity contribution is -0.142. The Morgan fingerprint density at radius 1 is 0.811 bits per heavy atom. The highest BCUT2D eigenvalue weighted by Crippen LogP contribution is 2.37. The molecule has 1 heterocycles. The third-order valence-electron chi connectivity index (χ3n) is 7.68. The van der Waals surface area contributed by atoms with Gasteiger partial charge in [-0.15, -0.1) is 0 Å². The number of phosphoric ester groups is 1. The molecule has 6 amide bonds. The molecule has 0 bridgehead atoms. The minimum atomic E-state index is -4.87. The van der Waals surface area contributed by atoms with Gasteiger partial charge >= 0.3 is 13.8 Å². The molecule has 0 saturated carbocycles. The normalized spacial score (nSPS) is 14.6. The van der Waals surface area contributed by atoms with Crippen molar-refractivity contribution in [2.75, 3.05) is 0 Å². The summed E-state index contributed by atoms with van der Waals surface area (Å²) in [6.07, 6.45) is 2.19. The maximum Gasteiger partial charge on any atom is 0.524 e. The monoisotopic (exact) mass is 767 g/mol. The number of H-pyrrole nitrogens is 1. The number of aromatic amines is 1. The molecule has 0 radical (unpaired) electrons. The largest absolute Gasteiger partial charge is 0.524 e. The average Bonchev–Trinajstić information content (AvgIpc) is 3.60. The molecule has 22 heteroatoms. The maximum absolute atomic E-state index is 13.6. The van der Waals surface area contributed by atoms with Gasteiger partial charge in [-0.3, -0.25) is 38.6 Å². The predicted octanol–water partition coefficient (Wildman–Crippen LogP) is -2.39. The number of primary amides is 1. The van der Waals surface area contributed by atoms with Crippen LogP contribution in [0.1, 0.15) is 57.7 Å². The minimum Gasteiger partial charge on any atom is -0.480 e. The van der Waals surface area contributed by atoms with Crippen molar-refractivity contribution < 1.29 is 57.5 Å². The van der Waals surface area contributed by atoms with Crippen molar-refractivity contribution in [1.82, 2.24) is 36.6 Å². The van der Waals surface area contributed by atoms with Gasteiger partial charge in [0.2, 0.25) is 35.4 Å². The van der Waals surface area contributed by atoms with E-state index in [2.05, 4.69) is 41.1 Å². The zero-order chi connectivity index (χ0) is 39.9. The lowest BCUT2D eigenvalue weighted by Gasteiger charge is -2.26. The lowest BCUT2D eigenvalue weighted by Crippen LogP contribution is -2.59. The van der Waals surface area contributed by atoms with E-state index in [0.29, 0.717) is 11.3 Å². The molecule has 292 valence electrons. The Kier molecular flexibility index (Phi) is 17.0. The topological polar surface area (TPSA) is 347 Å². The highest BCUT2D eigenvalue weighted by molar-refractivity contribution is 7.46. The lowest BCUT2D eigenvalue weighted by atomic mass is 10.0. The van der Waals surface area contributed by atoms with Crippen LogP contribution in [-0.2, 0) is 51.0 Å². The molecule has 0 spiro atoms. The number of nitrogens with two attached hydrogens (primary N) is 2. The molecule has 2 aromatic rings. The summed E-state index contributed by atoms with van der Waals surface area (Å²) < 4.78 is 15.8. The Hall–Kier alpha value is -5.37. The molecule has 53 heavy (non-hydrogen) atoms. The quantitative estimate of drug-likeness (QED) is 0.0557. The molecule has 0 aliphatic rings. The molecule has 13 N–H and O–H groups in total. The second-order valence-corrected chi connectivity index (χ2v) is 13.1. The minimum absolute atomic E-state index is 0.0298. The van der Waals surface area contributed by atoms with Gasteiger partial charge in [0.05, 0.1) is 12.4 Å². The number of aromatic nitrogens is 2. The first kappa shape index (κ1) is 43.8. The molecule has 0 saturated heterocycles. The van der Waals surface area contributed by atoms with E-state index >= 15 is 0 Å². The fourth-order valence-corrected chi connectivity index (χ4v) is 5.14. The van der Waals surface area contributed by atoms with Crippen LogP contribution in [0.25, 0.3) is 0 Å². The summed E-state index contributed by atoms with van der Waals surface area (Å²) in [5, 5.41) is 21.5. The molecule has 1 aromatic carbocycles. The van der Waals surface area contributed by atoms with Crippen molar-refractivity contribution in [1.29, 1.82) is 0 Å². The summed E-state index contributed by atoms with van der Waals surface area (Å²) in [5.74, 6) is -6.38. The van der Waals surface area contributed by atoms with Gasteiger partial charge in [0.1, 0.15) is 36.0 Å². The molecule has 0 aliphatic heterocycles. The second-order valence-electron chi connectivity index (χ2n) is 12.0. The van der Waals surface area contributed by atoms with E-state index in [4.69, 9.17) is 21.3 Å². The van der Waals surface area contributed by atoms with E-state index in [-0.39, 0.29) is 44.3 Å². The van der Waals surface area contributed by atoms with Crippen LogP contribution in [0.2, 0.25) is 0 Å². The standard InChI is InChI=1S/C31H46N9O12P/c1-4-21(28(44)38-22(5-2)31(47)48)37-26(42)16(3)36-30(46)24(12-17-6-8-19(9-7-17)52-53(49,50)51)40-29(45)23(10-11-25(33)41)39-27(43)20(32)13-18-14-34-15-35-18/h6-9,14-16,20-24H,4-5,10-13,32H2,1-3H3,(H2,33,41)(H,34,35)(H,36,46)(H,37,42)(H,38,44)(H,39,43)(H,40,45)(H,47,48)(H2,49,50,51)/t16-,20-,21-,22-,23-,24-/m0/s1. The molecule has 0 unspecified atom stereocenters. The molecule has 2 rings (SSSR count). The van der Waals surface area contributed by atoms with Crippen LogP contribution in [0, 0.1) is 0 Å².